The van der Waals surface area contributed by atoms with Crippen LogP contribution in [0.15, 0.2) is 12.1 Å². The summed E-state index contributed by atoms with van der Waals surface area (Å²) in [5, 5.41) is 0.175. The molecule has 12 heavy (non-hydrogen) atoms. The van der Waals surface area contributed by atoms with E-state index in [1.54, 1.807) is 0 Å². The van der Waals surface area contributed by atoms with Crippen LogP contribution in [0.3, 0.4) is 0 Å². The van der Waals surface area contributed by atoms with E-state index < -0.39 is 0 Å². The molecule has 0 amide bonds. The summed E-state index contributed by atoms with van der Waals surface area (Å²) in [7, 11) is 0. The van der Waals surface area contributed by atoms with Crippen molar-refractivity contribution in [1.82, 2.24) is 0 Å². The highest BCUT2D eigenvalue weighted by atomic mass is 35.5. The summed E-state index contributed by atoms with van der Waals surface area (Å²) >= 11 is 5.98. The lowest BCUT2D eigenvalue weighted by Gasteiger charge is -2.24. The summed E-state index contributed by atoms with van der Waals surface area (Å²) in [6.07, 6.45) is 0.952. The zero-order valence-corrected chi connectivity index (χ0v) is 7.10. The first-order chi connectivity index (χ1) is 5.84. The maximum Gasteiger partial charge on any atom is 0.231 e. The average Bonchev–Trinajstić information content (AvgIpc) is 2.49. The van der Waals surface area contributed by atoms with Crippen molar-refractivity contribution in [3.63, 3.8) is 0 Å². The first kappa shape index (κ1) is 6.61. The fourth-order valence-electron chi connectivity index (χ4n) is 1.64. The van der Waals surface area contributed by atoms with E-state index in [4.69, 9.17) is 21.1 Å². The van der Waals surface area contributed by atoms with Gasteiger partial charge in [-0.05, 0) is 29.7 Å². The van der Waals surface area contributed by atoms with Gasteiger partial charge in [-0.3, -0.25) is 0 Å². The van der Waals surface area contributed by atoms with Crippen molar-refractivity contribution in [2.24, 2.45) is 0 Å². The highest BCUT2D eigenvalue weighted by Gasteiger charge is 2.28. The van der Waals surface area contributed by atoms with Crippen LogP contribution in [0, 0.1) is 0 Å². The Balaban J connectivity index is 2.17. The number of hydrogen-bond acceptors (Lipinski definition) is 2. The first-order valence-corrected chi connectivity index (χ1v) is 4.35. The van der Waals surface area contributed by atoms with E-state index in [-0.39, 0.29) is 5.38 Å². The Morgan fingerprint density at radius 1 is 1.25 bits per heavy atom. The van der Waals surface area contributed by atoms with Crippen LogP contribution in [0.4, 0.5) is 0 Å². The van der Waals surface area contributed by atoms with Crippen molar-refractivity contribution in [1.29, 1.82) is 0 Å². The number of halogens is 1. The molecule has 1 atom stereocenters. The van der Waals surface area contributed by atoms with Crippen molar-refractivity contribution in [3.05, 3.63) is 23.3 Å². The van der Waals surface area contributed by atoms with Crippen LogP contribution in [0.5, 0.6) is 11.5 Å². The maximum absolute atomic E-state index is 5.98. The fourth-order valence-corrected chi connectivity index (χ4v) is 2.01. The summed E-state index contributed by atoms with van der Waals surface area (Å²) in [6.45, 7) is 0.338. The molecule has 0 spiro atoms. The second kappa shape index (κ2) is 2.07. The van der Waals surface area contributed by atoms with Crippen molar-refractivity contribution in [2.75, 3.05) is 6.79 Å². The standard InChI is InChI=1S/C9H7ClO2/c10-7-1-5-2-8-9(3-6(5)7)12-4-11-8/h2-3,7H,1,4H2/t7-/m0/s1. The van der Waals surface area contributed by atoms with Crippen molar-refractivity contribution < 1.29 is 9.47 Å². The van der Waals surface area contributed by atoms with Crippen molar-refractivity contribution in [2.45, 2.75) is 11.8 Å². The third-order valence-electron chi connectivity index (χ3n) is 2.37. The lowest BCUT2D eigenvalue weighted by Crippen LogP contribution is -2.11. The molecule has 0 fully saturated rings. The van der Waals surface area contributed by atoms with Crippen LogP contribution < -0.4 is 9.47 Å². The second-order valence-corrected chi connectivity index (χ2v) is 3.60. The van der Waals surface area contributed by atoms with E-state index >= 15 is 0 Å². The van der Waals surface area contributed by atoms with Crippen molar-refractivity contribution in [3.8, 4) is 11.5 Å². The Morgan fingerprint density at radius 3 is 2.75 bits per heavy atom. The Labute approximate surface area is 75.0 Å². The maximum atomic E-state index is 5.98. The quantitative estimate of drug-likeness (QED) is 0.573. The van der Waals surface area contributed by atoms with E-state index in [2.05, 4.69) is 0 Å². The van der Waals surface area contributed by atoms with E-state index in [1.807, 2.05) is 12.1 Å². The smallest absolute Gasteiger partial charge is 0.231 e. The average molecular weight is 183 g/mol. The summed E-state index contributed by atoms with van der Waals surface area (Å²) in [5.41, 5.74) is 2.49. The molecule has 1 aromatic carbocycles. The summed E-state index contributed by atoms with van der Waals surface area (Å²) in [6, 6.07) is 4.01. The third-order valence-corrected chi connectivity index (χ3v) is 2.76. The van der Waals surface area contributed by atoms with Crippen LogP contribution >= 0.6 is 11.6 Å². The Morgan fingerprint density at radius 2 is 2.00 bits per heavy atom. The van der Waals surface area contributed by atoms with Crippen LogP contribution in [-0.4, -0.2) is 6.79 Å². The number of fused-ring (bicyclic) bond motifs is 2. The van der Waals surface area contributed by atoms with Gasteiger partial charge < -0.3 is 9.47 Å². The molecular weight excluding hydrogens is 176 g/mol. The van der Waals surface area contributed by atoms with Crippen LogP contribution in [0.2, 0.25) is 0 Å². The molecule has 0 aromatic heterocycles. The van der Waals surface area contributed by atoms with Crippen LogP contribution in [0.1, 0.15) is 16.5 Å². The highest BCUT2D eigenvalue weighted by Crippen LogP contribution is 2.45. The molecule has 0 radical (unpaired) electrons. The molecule has 1 heterocycles. The van der Waals surface area contributed by atoms with E-state index in [9.17, 15) is 0 Å². The van der Waals surface area contributed by atoms with Crippen LogP contribution in [0.25, 0.3) is 0 Å². The van der Waals surface area contributed by atoms with Gasteiger partial charge in [0, 0.05) is 0 Å². The molecule has 62 valence electrons. The number of rotatable bonds is 0. The molecule has 2 nitrogen and oxygen atoms in total. The zero-order valence-electron chi connectivity index (χ0n) is 6.34. The minimum Gasteiger partial charge on any atom is -0.454 e. The molecule has 3 rings (SSSR count). The van der Waals surface area contributed by atoms with Gasteiger partial charge in [-0.15, -0.1) is 11.6 Å². The van der Waals surface area contributed by atoms with Gasteiger partial charge in [0.2, 0.25) is 6.79 Å². The summed E-state index contributed by atoms with van der Waals surface area (Å²) in [5.74, 6) is 1.69. The van der Waals surface area contributed by atoms with Gasteiger partial charge in [-0.25, -0.2) is 0 Å². The molecular formula is C9H7ClO2. The normalized spacial score (nSPS) is 23.2. The topological polar surface area (TPSA) is 18.5 Å². The molecule has 0 saturated heterocycles. The van der Waals surface area contributed by atoms with Crippen molar-refractivity contribution >= 4 is 11.6 Å². The number of alkyl halides is 1. The monoisotopic (exact) mass is 182 g/mol. The minimum atomic E-state index is 0.175. The second-order valence-electron chi connectivity index (χ2n) is 3.08. The number of benzene rings is 1. The molecule has 1 aromatic rings. The SMILES string of the molecule is Cl[C@H]1Cc2cc3c(cc21)OCO3. The first-order valence-electron chi connectivity index (χ1n) is 3.91. The molecule has 0 saturated carbocycles. The van der Waals surface area contributed by atoms with Gasteiger partial charge in [0.1, 0.15) is 0 Å². The zero-order chi connectivity index (χ0) is 8.13. The predicted molar refractivity (Wildman–Crippen MR) is 44.9 cm³/mol. The van der Waals surface area contributed by atoms with Gasteiger partial charge in [0.15, 0.2) is 11.5 Å². The summed E-state index contributed by atoms with van der Waals surface area (Å²) in [4.78, 5) is 0. The minimum absolute atomic E-state index is 0.175. The van der Waals surface area contributed by atoms with Gasteiger partial charge in [-0.2, -0.15) is 0 Å². The Kier molecular flexibility index (Phi) is 1.14. The van der Waals surface area contributed by atoms with Gasteiger partial charge in [0.05, 0.1) is 5.38 Å². The molecule has 0 N–H and O–H groups in total. The fraction of sp³-hybridized carbons (Fsp3) is 0.333. The molecule has 3 heteroatoms. The van der Waals surface area contributed by atoms with Gasteiger partial charge in [0.25, 0.3) is 0 Å². The molecule has 1 aliphatic heterocycles. The lowest BCUT2D eigenvalue weighted by atomic mass is 9.87. The largest absolute Gasteiger partial charge is 0.454 e. The molecule has 0 bridgehead atoms. The highest BCUT2D eigenvalue weighted by molar-refractivity contribution is 6.22. The van der Waals surface area contributed by atoms with Gasteiger partial charge >= 0.3 is 0 Å². The van der Waals surface area contributed by atoms with Gasteiger partial charge in [-0.1, -0.05) is 0 Å². The lowest BCUT2D eigenvalue weighted by molar-refractivity contribution is 0.174. The third kappa shape index (κ3) is 0.707. The van der Waals surface area contributed by atoms with E-state index in [1.165, 1.54) is 11.1 Å². The van der Waals surface area contributed by atoms with E-state index in [0.717, 1.165) is 17.9 Å². The number of ether oxygens (including phenoxy) is 2. The summed E-state index contributed by atoms with van der Waals surface area (Å²) < 4.78 is 10.5. The molecule has 2 aliphatic rings. The Hall–Kier alpha value is -0.890. The van der Waals surface area contributed by atoms with Crippen LogP contribution in [-0.2, 0) is 6.42 Å². The van der Waals surface area contributed by atoms with E-state index in [0.29, 0.717) is 6.79 Å². The predicted octanol–water partition coefficient (Wildman–Crippen LogP) is 2.25. The molecule has 0 unspecified atom stereocenters. The molecule has 1 aliphatic carbocycles. The number of hydrogen-bond donors (Lipinski definition) is 0. The Bertz CT molecular complexity index is 348.